The molecule has 0 atom stereocenters. The number of nitrogens with zero attached hydrogens (tertiary/aromatic N) is 4. The third kappa shape index (κ3) is 3.18. The Morgan fingerprint density at radius 1 is 1.43 bits per heavy atom. The Balaban J connectivity index is 1.62. The maximum absolute atomic E-state index is 11.9. The average molecular weight is 287 g/mol. The van der Waals surface area contributed by atoms with Crippen LogP contribution in [0, 0.1) is 6.92 Å². The van der Waals surface area contributed by atoms with Crippen LogP contribution >= 0.6 is 0 Å². The van der Waals surface area contributed by atoms with Crippen LogP contribution in [0.3, 0.4) is 0 Å². The van der Waals surface area contributed by atoms with Gasteiger partial charge < -0.3 is 14.7 Å². The van der Waals surface area contributed by atoms with Crippen molar-refractivity contribution in [3.63, 3.8) is 0 Å². The van der Waals surface area contributed by atoms with Crippen LogP contribution < -0.4 is 10.2 Å². The molecule has 110 valence electrons. The molecule has 0 aromatic carbocycles. The van der Waals surface area contributed by atoms with Gasteiger partial charge in [0.05, 0.1) is 12.2 Å². The molecule has 1 amide bonds. The fraction of sp³-hybridized carbons (Fsp3) is 0.429. The molecular weight excluding hydrogens is 270 g/mol. The quantitative estimate of drug-likeness (QED) is 0.912. The van der Waals surface area contributed by atoms with E-state index in [9.17, 15) is 4.79 Å². The fourth-order valence-corrected chi connectivity index (χ4v) is 2.29. The molecule has 0 bridgehead atoms. The van der Waals surface area contributed by atoms with Crippen LogP contribution in [0.25, 0.3) is 0 Å². The molecule has 2 aromatic heterocycles. The van der Waals surface area contributed by atoms with E-state index in [-0.39, 0.29) is 11.6 Å². The number of hydrogen-bond donors (Lipinski definition) is 1. The van der Waals surface area contributed by atoms with E-state index >= 15 is 0 Å². The van der Waals surface area contributed by atoms with Crippen molar-refractivity contribution >= 4 is 11.9 Å². The SMILES string of the molecule is Cc1cc(C(=O)NCc2ccnc(N3CCCC3)n2)no1. The fourth-order valence-electron chi connectivity index (χ4n) is 2.29. The van der Waals surface area contributed by atoms with Gasteiger partial charge in [0.2, 0.25) is 5.95 Å². The van der Waals surface area contributed by atoms with Crippen LogP contribution in [0.2, 0.25) is 0 Å². The summed E-state index contributed by atoms with van der Waals surface area (Å²) in [5.74, 6) is 1.07. The number of aryl methyl sites for hydroxylation is 1. The number of carbonyl (C=O) groups is 1. The Morgan fingerprint density at radius 2 is 2.24 bits per heavy atom. The van der Waals surface area contributed by atoms with E-state index in [2.05, 4.69) is 25.3 Å². The summed E-state index contributed by atoms with van der Waals surface area (Å²) in [7, 11) is 0. The molecule has 1 N–H and O–H groups in total. The second kappa shape index (κ2) is 5.90. The van der Waals surface area contributed by atoms with Crippen molar-refractivity contribution in [1.82, 2.24) is 20.4 Å². The summed E-state index contributed by atoms with van der Waals surface area (Å²) in [6.45, 7) is 4.08. The summed E-state index contributed by atoms with van der Waals surface area (Å²) in [5.41, 5.74) is 1.06. The monoisotopic (exact) mass is 287 g/mol. The van der Waals surface area contributed by atoms with Crippen LogP contribution in [0.15, 0.2) is 22.9 Å². The van der Waals surface area contributed by atoms with Crippen LogP contribution in [0.5, 0.6) is 0 Å². The topological polar surface area (TPSA) is 84.2 Å². The first kappa shape index (κ1) is 13.5. The Morgan fingerprint density at radius 3 is 2.95 bits per heavy atom. The molecule has 21 heavy (non-hydrogen) atoms. The third-order valence-corrected chi connectivity index (χ3v) is 3.38. The van der Waals surface area contributed by atoms with E-state index in [0.717, 1.165) is 24.7 Å². The smallest absolute Gasteiger partial charge is 0.273 e. The second-order valence-electron chi connectivity index (χ2n) is 5.05. The van der Waals surface area contributed by atoms with E-state index in [1.54, 1.807) is 25.3 Å². The molecule has 0 radical (unpaired) electrons. The molecule has 7 heteroatoms. The predicted molar refractivity (Wildman–Crippen MR) is 75.9 cm³/mol. The number of carbonyl (C=O) groups excluding carboxylic acids is 1. The summed E-state index contributed by atoms with van der Waals surface area (Å²) in [5, 5.41) is 6.46. The zero-order chi connectivity index (χ0) is 14.7. The van der Waals surface area contributed by atoms with Gasteiger partial charge >= 0.3 is 0 Å². The summed E-state index contributed by atoms with van der Waals surface area (Å²) < 4.78 is 4.88. The summed E-state index contributed by atoms with van der Waals surface area (Å²) in [6.07, 6.45) is 4.08. The molecule has 7 nitrogen and oxygen atoms in total. The maximum atomic E-state index is 11.9. The first-order chi connectivity index (χ1) is 10.2. The van der Waals surface area contributed by atoms with E-state index < -0.39 is 0 Å². The summed E-state index contributed by atoms with van der Waals surface area (Å²) in [4.78, 5) is 22.8. The highest BCUT2D eigenvalue weighted by molar-refractivity contribution is 5.92. The van der Waals surface area contributed by atoms with Gasteiger partial charge in [-0.25, -0.2) is 9.97 Å². The van der Waals surface area contributed by atoms with Crippen molar-refractivity contribution in [2.75, 3.05) is 18.0 Å². The Hall–Kier alpha value is -2.44. The number of nitrogens with one attached hydrogen (secondary N) is 1. The number of aromatic nitrogens is 3. The minimum atomic E-state index is -0.270. The van der Waals surface area contributed by atoms with Crippen LogP contribution in [0.4, 0.5) is 5.95 Å². The molecule has 0 saturated carbocycles. The molecule has 3 heterocycles. The molecule has 0 unspecified atom stereocenters. The van der Waals surface area contributed by atoms with Gasteiger partial charge in [0.1, 0.15) is 5.76 Å². The molecule has 1 saturated heterocycles. The molecule has 0 spiro atoms. The lowest BCUT2D eigenvalue weighted by Crippen LogP contribution is -2.25. The van der Waals surface area contributed by atoms with Crippen molar-refractivity contribution < 1.29 is 9.32 Å². The first-order valence-corrected chi connectivity index (χ1v) is 7.01. The van der Waals surface area contributed by atoms with E-state index in [1.807, 2.05) is 0 Å². The second-order valence-corrected chi connectivity index (χ2v) is 5.05. The summed E-state index contributed by atoms with van der Waals surface area (Å²) >= 11 is 0. The maximum Gasteiger partial charge on any atom is 0.273 e. The standard InChI is InChI=1S/C14H17N5O2/c1-10-8-12(18-21-10)13(20)16-9-11-4-5-15-14(17-11)19-6-2-3-7-19/h4-5,8H,2-3,6-7,9H2,1H3,(H,16,20). The van der Waals surface area contributed by atoms with Crippen molar-refractivity contribution in [2.45, 2.75) is 26.3 Å². The predicted octanol–water partition coefficient (Wildman–Crippen LogP) is 1.30. The molecular formula is C14H17N5O2. The zero-order valence-electron chi connectivity index (χ0n) is 11.9. The molecule has 1 fully saturated rings. The lowest BCUT2D eigenvalue weighted by Gasteiger charge is -2.15. The third-order valence-electron chi connectivity index (χ3n) is 3.38. The number of rotatable bonds is 4. The van der Waals surface area contributed by atoms with Crippen molar-refractivity contribution in [1.29, 1.82) is 0 Å². The summed E-state index contributed by atoms with van der Waals surface area (Å²) in [6, 6.07) is 3.40. The normalized spacial score (nSPS) is 14.4. The minimum absolute atomic E-state index is 0.270. The van der Waals surface area contributed by atoms with E-state index in [0.29, 0.717) is 12.3 Å². The zero-order valence-corrected chi connectivity index (χ0v) is 11.9. The van der Waals surface area contributed by atoms with Gasteiger partial charge in [-0.3, -0.25) is 4.79 Å². The van der Waals surface area contributed by atoms with E-state index in [4.69, 9.17) is 4.52 Å². The van der Waals surface area contributed by atoms with Gasteiger partial charge in [0.25, 0.3) is 5.91 Å². The van der Waals surface area contributed by atoms with Crippen LogP contribution in [-0.4, -0.2) is 34.1 Å². The molecule has 1 aliphatic rings. The number of hydrogen-bond acceptors (Lipinski definition) is 6. The van der Waals surface area contributed by atoms with Crippen molar-refractivity contribution in [2.24, 2.45) is 0 Å². The van der Waals surface area contributed by atoms with Gasteiger partial charge in [-0.1, -0.05) is 5.16 Å². The van der Waals surface area contributed by atoms with Gasteiger partial charge in [0, 0.05) is 25.4 Å². The van der Waals surface area contributed by atoms with Gasteiger partial charge in [-0.05, 0) is 25.8 Å². The highest BCUT2D eigenvalue weighted by Gasteiger charge is 2.15. The molecule has 0 aliphatic carbocycles. The molecule has 2 aromatic rings. The average Bonchev–Trinajstić information content (AvgIpc) is 3.16. The minimum Gasteiger partial charge on any atom is -0.361 e. The molecule has 1 aliphatic heterocycles. The first-order valence-electron chi connectivity index (χ1n) is 7.01. The number of anilines is 1. The van der Waals surface area contributed by atoms with Gasteiger partial charge in [-0.15, -0.1) is 0 Å². The van der Waals surface area contributed by atoms with Crippen molar-refractivity contribution in [3.05, 3.63) is 35.5 Å². The highest BCUT2D eigenvalue weighted by atomic mass is 16.5. The van der Waals surface area contributed by atoms with Crippen LogP contribution in [0.1, 0.15) is 34.8 Å². The van der Waals surface area contributed by atoms with Crippen molar-refractivity contribution in [3.8, 4) is 0 Å². The largest absolute Gasteiger partial charge is 0.361 e. The van der Waals surface area contributed by atoms with Gasteiger partial charge in [-0.2, -0.15) is 0 Å². The van der Waals surface area contributed by atoms with Crippen LogP contribution in [-0.2, 0) is 6.54 Å². The molecule has 3 rings (SSSR count). The Kier molecular flexibility index (Phi) is 3.81. The highest BCUT2D eigenvalue weighted by Crippen LogP contribution is 2.15. The lowest BCUT2D eigenvalue weighted by atomic mass is 10.3. The van der Waals surface area contributed by atoms with Gasteiger partial charge in [0.15, 0.2) is 5.69 Å². The number of amides is 1. The Labute approximate surface area is 122 Å². The lowest BCUT2D eigenvalue weighted by molar-refractivity contribution is 0.0941. The van der Waals surface area contributed by atoms with E-state index in [1.165, 1.54) is 12.8 Å². The Bertz CT molecular complexity index is 634.